The summed E-state index contributed by atoms with van der Waals surface area (Å²) in [5.41, 5.74) is 3.38. The molecule has 0 fully saturated rings. The van der Waals surface area contributed by atoms with Crippen molar-refractivity contribution in [2.75, 3.05) is 0 Å². The molecule has 1 N–H and O–H groups in total. The monoisotopic (exact) mass is 399 g/mol. The minimum absolute atomic E-state index is 0.00385. The molecule has 0 aliphatic heterocycles. The SMILES string of the molecule is O=C(N/N=C\c1c(Cl)cccc1Cl)c1cccn(Cc2ccccc2)c1=O. The Morgan fingerprint density at radius 1 is 1.00 bits per heavy atom. The number of pyridine rings is 1. The third kappa shape index (κ3) is 4.64. The Hall–Kier alpha value is -2.89. The first kappa shape index (κ1) is 18.9. The Balaban J connectivity index is 1.76. The van der Waals surface area contributed by atoms with E-state index >= 15 is 0 Å². The van der Waals surface area contributed by atoms with Crippen LogP contribution in [-0.4, -0.2) is 16.7 Å². The van der Waals surface area contributed by atoms with E-state index in [-0.39, 0.29) is 5.56 Å². The molecule has 0 aliphatic carbocycles. The molecule has 0 atom stereocenters. The van der Waals surface area contributed by atoms with E-state index in [2.05, 4.69) is 10.5 Å². The molecule has 0 saturated heterocycles. The highest BCUT2D eigenvalue weighted by molar-refractivity contribution is 6.38. The lowest BCUT2D eigenvalue weighted by Gasteiger charge is -2.07. The molecule has 3 rings (SSSR count). The Labute approximate surface area is 165 Å². The van der Waals surface area contributed by atoms with Crippen molar-refractivity contribution in [3.63, 3.8) is 0 Å². The lowest BCUT2D eigenvalue weighted by Crippen LogP contribution is -2.30. The number of nitrogens with zero attached hydrogens (tertiary/aromatic N) is 2. The van der Waals surface area contributed by atoms with Gasteiger partial charge in [-0.25, -0.2) is 5.43 Å². The zero-order valence-electron chi connectivity index (χ0n) is 14.1. The van der Waals surface area contributed by atoms with Gasteiger partial charge in [0.1, 0.15) is 5.56 Å². The number of halogens is 2. The third-order valence-electron chi connectivity index (χ3n) is 3.82. The number of rotatable bonds is 5. The Morgan fingerprint density at radius 2 is 1.70 bits per heavy atom. The molecule has 27 heavy (non-hydrogen) atoms. The summed E-state index contributed by atoms with van der Waals surface area (Å²) in [6, 6.07) is 17.7. The van der Waals surface area contributed by atoms with Gasteiger partial charge in [-0.05, 0) is 29.8 Å². The average molecular weight is 400 g/mol. The number of hydrogen-bond donors (Lipinski definition) is 1. The molecule has 136 valence electrons. The molecule has 2 aromatic carbocycles. The summed E-state index contributed by atoms with van der Waals surface area (Å²) in [7, 11) is 0. The van der Waals surface area contributed by atoms with Crippen LogP contribution in [0, 0.1) is 0 Å². The summed E-state index contributed by atoms with van der Waals surface area (Å²) in [5.74, 6) is -0.609. The zero-order valence-corrected chi connectivity index (χ0v) is 15.6. The molecule has 0 radical (unpaired) electrons. The summed E-state index contributed by atoms with van der Waals surface area (Å²) < 4.78 is 1.47. The summed E-state index contributed by atoms with van der Waals surface area (Å²) in [4.78, 5) is 24.9. The standard InChI is InChI=1S/C20H15Cl2N3O2/c21-17-9-4-10-18(22)16(17)12-23-24-19(26)15-8-5-11-25(20(15)27)13-14-6-2-1-3-7-14/h1-12H,13H2,(H,24,26)/b23-12-. The largest absolute Gasteiger partial charge is 0.310 e. The van der Waals surface area contributed by atoms with Gasteiger partial charge in [0.15, 0.2) is 0 Å². The third-order valence-corrected chi connectivity index (χ3v) is 4.48. The molecule has 5 nitrogen and oxygen atoms in total. The number of benzene rings is 2. The van der Waals surface area contributed by atoms with Gasteiger partial charge in [-0.2, -0.15) is 5.10 Å². The van der Waals surface area contributed by atoms with Gasteiger partial charge in [-0.1, -0.05) is 59.6 Å². The van der Waals surface area contributed by atoms with E-state index in [4.69, 9.17) is 23.2 Å². The minimum Gasteiger partial charge on any atom is -0.310 e. The highest BCUT2D eigenvalue weighted by Crippen LogP contribution is 2.21. The van der Waals surface area contributed by atoms with Crippen LogP contribution in [0.4, 0.5) is 0 Å². The fourth-order valence-corrected chi connectivity index (χ4v) is 2.96. The van der Waals surface area contributed by atoms with Crippen LogP contribution < -0.4 is 11.0 Å². The summed E-state index contributed by atoms with van der Waals surface area (Å²) in [6.07, 6.45) is 2.98. The van der Waals surface area contributed by atoms with Crippen molar-refractivity contribution >= 4 is 35.3 Å². The molecule has 0 bridgehead atoms. The van der Waals surface area contributed by atoms with Crippen LogP contribution in [-0.2, 0) is 6.54 Å². The van der Waals surface area contributed by atoms with Gasteiger partial charge in [0.25, 0.3) is 11.5 Å². The predicted octanol–water partition coefficient (Wildman–Crippen LogP) is 3.97. The molecule has 3 aromatic rings. The van der Waals surface area contributed by atoms with Crippen LogP contribution in [0.15, 0.2) is 76.8 Å². The number of hydrogen-bond acceptors (Lipinski definition) is 3. The lowest BCUT2D eigenvalue weighted by atomic mass is 10.2. The van der Waals surface area contributed by atoms with Crippen molar-refractivity contribution in [2.24, 2.45) is 5.10 Å². The fraction of sp³-hybridized carbons (Fsp3) is 0.0500. The van der Waals surface area contributed by atoms with Crippen molar-refractivity contribution in [3.05, 3.63) is 104 Å². The quantitative estimate of drug-likeness (QED) is 0.521. The highest BCUT2D eigenvalue weighted by Gasteiger charge is 2.12. The van der Waals surface area contributed by atoms with Crippen molar-refractivity contribution < 1.29 is 4.79 Å². The van der Waals surface area contributed by atoms with Gasteiger partial charge >= 0.3 is 0 Å². The van der Waals surface area contributed by atoms with E-state index in [1.54, 1.807) is 30.5 Å². The maximum absolute atomic E-state index is 12.6. The number of aromatic nitrogens is 1. The van der Waals surface area contributed by atoms with E-state index in [0.717, 1.165) is 5.56 Å². The van der Waals surface area contributed by atoms with Crippen molar-refractivity contribution in [3.8, 4) is 0 Å². The highest BCUT2D eigenvalue weighted by atomic mass is 35.5. The van der Waals surface area contributed by atoms with Gasteiger partial charge in [0.05, 0.1) is 22.8 Å². The first-order valence-corrected chi connectivity index (χ1v) is 8.82. The van der Waals surface area contributed by atoms with Crippen LogP contribution in [0.25, 0.3) is 0 Å². The second-order valence-corrected chi connectivity index (χ2v) is 6.49. The maximum atomic E-state index is 12.6. The molecular weight excluding hydrogens is 385 g/mol. The smallest absolute Gasteiger partial charge is 0.276 e. The van der Waals surface area contributed by atoms with Crippen LogP contribution in [0.2, 0.25) is 10.0 Å². The van der Waals surface area contributed by atoms with E-state index in [0.29, 0.717) is 22.2 Å². The number of hydrazone groups is 1. The van der Waals surface area contributed by atoms with E-state index in [1.807, 2.05) is 30.3 Å². The number of carbonyl (C=O) groups is 1. The van der Waals surface area contributed by atoms with Crippen molar-refractivity contribution in [1.82, 2.24) is 9.99 Å². The molecule has 1 aromatic heterocycles. The predicted molar refractivity (Wildman–Crippen MR) is 108 cm³/mol. The minimum atomic E-state index is -0.609. The summed E-state index contributed by atoms with van der Waals surface area (Å²) in [6.45, 7) is 0.374. The molecule has 1 heterocycles. The Kier molecular flexibility index (Phi) is 6.06. The Bertz CT molecular complexity index is 1030. The van der Waals surface area contributed by atoms with Crippen molar-refractivity contribution in [2.45, 2.75) is 6.54 Å². The molecule has 0 spiro atoms. The van der Waals surface area contributed by atoms with E-state index in [9.17, 15) is 9.59 Å². The zero-order chi connectivity index (χ0) is 19.2. The first-order valence-electron chi connectivity index (χ1n) is 8.07. The topological polar surface area (TPSA) is 63.5 Å². The summed E-state index contributed by atoms with van der Waals surface area (Å²) >= 11 is 12.1. The number of amides is 1. The second kappa shape index (κ2) is 8.66. The van der Waals surface area contributed by atoms with Crippen LogP contribution in [0.5, 0.6) is 0 Å². The van der Waals surface area contributed by atoms with Crippen LogP contribution in [0.1, 0.15) is 21.5 Å². The average Bonchev–Trinajstić information content (AvgIpc) is 2.66. The van der Waals surface area contributed by atoms with Crippen LogP contribution in [0.3, 0.4) is 0 Å². The van der Waals surface area contributed by atoms with Crippen molar-refractivity contribution in [1.29, 1.82) is 0 Å². The van der Waals surface area contributed by atoms with E-state index in [1.165, 1.54) is 16.8 Å². The van der Waals surface area contributed by atoms with Gasteiger partial charge in [-0.3, -0.25) is 9.59 Å². The second-order valence-electron chi connectivity index (χ2n) is 5.67. The Morgan fingerprint density at radius 3 is 2.41 bits per heavy atom. The lowest BCUT2D eigenvalue weighted by molar-refractivity contribution is 0.0953. The molecular formula is C20H15Cl2N3O2. The maximum Gasteiger partial charge on any atom is 0.276 e. The molecule has 1 amide bonds. The molecule has 0 unspecified atom stereocenters. The van der Waals surface area contributed by atoms with Gasteiger partial charge in [-0.15, -0.1) is 0 Å². The fourth-order valence-electron chi connectivity index (χ4n) is 2.46. The van der Waals surface area contributed by atoms with Crippen LogP contribution >= 0.6 is 23.2 Å². The molecule has 0 saturated carbocycles. The first-order chi connectivity index (χ1) is 13.1. The van der Waals surface area contributed by atoms with E-state index < -0.39 is 11.5 Å². The molecule has 0 aliphatic rings. The van der Waals surface area contributed by atoms with Gasteiger partial charge in [0, 0.05) is 11.8 Å². The molecule has 7 heteroatoms. The number of nitrogens with one attached hydrogen (secondary N) is 1. The number of carbonyl (C=O) groups excluding carboxylic acids is 1. The normalized spacial score (nSPS) is 10.9. The summed E-state index contributed by atoms with van der Waals surface area (Å²) in [5, 5.41) is 4.67. The van der Waals surface area contributed by atoms with Gasteiger partial charge in [0.2, 0.25) is 0 Å². The van der Waals surface area contributed by atoms with Gasteiger partial charge < -0.3 is 4.57 Å².